The second-order valence-electron chi connectivity index (χ2n) is 8.10. The van der Waals surface area contributed by atoms with Crippen LogP contribution in [0.4, 0.5) is 0 Å². The summed E-state index contributed by atoms with van der Waals surface area (Å²) in [5.41, 5.74) is 2.60. The lowest BCUT2D eigenvalue weighted by atomic mass is 9.78. The van der Waals surface area contributed by atoms with Crippen molar-refractivity contribution >= 4 is 11.9 Å². The molecule has 0 spiro atoms. The Hall–Kier alpha value is -3.44. The number of nitrogens with zero attached hydrogens (tertiary/aromatic N) is 1. The number of aryl methyl sites for hydroxylation is 1. The zero-order valence-electron chi connectivity index (χ0n) is 18.5. The predicted octanol–water partition coefficient (Wildman–Crippen LogP) is 4.52. The number of aliphatic hydroxyl groups is 1. The van der Waals surface area contributed by atoms with Gasteiger partial charge in [-0.2, -0.15) is 0 Å². The van der Waals surface area contributed by atoms with Crippen LogP contribution in [-0.2, 0) is 26.5 Å². The average molecular weight is 430 g/mol. The molecule has 0 radical (unpaired) electrons. The minimum atomic E-state index is -2.09. The summed E-state index contributed by atoms with van der Waals surface area (Å²) >= 11 is 0. The molecule has 0 aromatic heterocycles. The lowest BCUT2D eigenvalue weighted by Gasteiger charge is -2.41. The van der Waals surface area contributed by atoms with Gasteiger partial charge in [0.05, 0.1) is 7.11 Å². The van der Waals surface area contributed by atoms with Crippen molar-refractivity contribution < 1.29 is 19.4 Å². The van der Waals surface area contributed by atoms with E-state index < -0.39 is 17.6 Å². The predicted molar refractivity (Wildman–Crippen MR) is 123 cm³/mol. The van der Waals surface area contributed by atoms with Crippen molar-refractivity contribution in [3.63, 3.8) is 0 Å². The number of benzene rings is 3. The Morgan fingerprint density at radius 3 is 2.31 bits per heavy atom. The maximum atomic E-state index is 13.3. The van der Waals surface area contributed by atoms with Crippen molar-refractivity contribution in [3.05, 3.63) is 95.1 Å². The van der Waals surface area contributed by atoms with E-state index >= 15 is 0 Å². The van der Waals surface area contributed by atoms with E-state index in [1.165, 1.54) is 7.11 Å². The summed E-state index contributed by atoms with van der Waals surface area (Å²) in [5.74, 6) is -0.955. The van der Waals surface area contributed by atoms with E-state index in [1.54, 1.807) is 24.0 Å². The summed E-state index contributed by atoms with van der Waals surface area (Å²) in [5, 5.41) is 12.3. The molecule has 5 nitrogen and oxygen atoms in total. The second kappa shape index (κ2) is 8.60. The van der Waals surface area contributed by atoms with Gasteiger partial charge in [-0.1, -0.05) is 79.7 Å². The van der Waals surface area contributed by atoms with Gasteiger partial charge < -0.3 is 14.7 Å². The van der Waals surface area contributed by atoms with E-state index in [0.717, 1.165) is 22.3 Å². The molecule has 3 aromatic carbocycles. The average Bonchev–Trinajstić information content (AvgIpc) is 2.98. The normalized spacial score (nSPS) is 16.9. The molecule has 0 aliphatic carbocycles. The molecule has 2 atom stereocenters. The van der Waals surface area contributed by atoms with Crippen LogP contribution >= 0.6 is 0 Å². The van der Waals surface area contributed by atoms with Crippen molar-refractivity contribution in [2.45, 2.75) is 38.5 Å². The Morgan fingerprint density at radius 2 is 1.62 bits per heavy atom. The fourth-order valence-corrected chi connectivity index (χ4v) is 4.76. The first-order valence-corrected chi connectivity index (χ1v) is 10.8. The van der Waals surface area contributed by atoms with Gasteiger partial charge in [-0.25, -0.2) is 4.79 Å². The molecule has 164 valence electrons. The van der Waals surface area contributed by atoms with Crippen LogP contribution in [0.5, 0.6) is 0 Å². The van der Waals surface area contributed by atoms with Crippen LogP contribution in [0.3, 0.4) is 0 Å². The largest absolute Gasteiger partial charge is 0.467 e. The quantitative estimate of drug-likeness (QED) is 0.620. The van der Waals surface area contributed by atoms with E-state index in [9.17, 15) is 14.7 Å². The molecule has 32 heavy (non-hydrogen) atoms. The van der Waals surface area contributed by atoms with Crippen LogP contribution in [0.25, 0.3) is 11.1 Å². The monoisotopic (exact) mass is 429 g/mol. The number of carbonyl (C=O) groups is 2. The Labute approximate surface area is 188 Å². The molecule has 0 saturated heterocycles. The highest BCUT2D eigenvalue weighted by molar-refractivity contribution is 5.87. The maximum absolute atomic E-state index is 13.3. The minimum Gasteiger partial charge on any atom is -0.467 e. The van der Waals surface area contributed by atoms with Gasteiger partial charge in [0, 0.05) is 18.5 Å². The lowest BCUT2D eigenvalue weighted by molar-refractivity contribution is -0.176. The highest BCUT2D eigenvalue weighted by Gasteiger charge is 2.53. The van der Waals surface area contributed by atoms with Crippen LogP contribution in [0.2, 0.25) is 0 Å². The van der Waals surface area contributed by atoms with Crippen molar-refractivity contribution in [2.24, 2.45) is 0 Å². The molecule has 1 aliphatic heterocycles. The topological polar surface area (TPSA) is 66.8 Å². The molecule has 1 unspecified atom stereocenters. The summed E-state index contributed by atoms with van der Waals surface area (Å²) < 4.78 is 5.15. The van der Waals surface area contributed by atoms with Crippen LogP contribution in [-0.4, -0.2) is 29.0 Å². The number of methoxy groups -OCH3 is 1. The van der Waals surface area contributed by atoms with Crippen molar-refractivity contribution in [2.75, 3.05) is 7.11 Å². The smallest absolute Gasteiger partial charge is 0.345 e. The minimum absolute atomic E-state index is 0.155. The highest BCUT2D eigenvalue weighted by Crippen LogP contribution is 2.48. The Balaban J connectivity index is 2.08. The first-order chi connectivity index (χ1) is 15.4. The summed E-state index contributed by atoms with van der Waals surface area (Å²) in [6.07, 6.45) is 0.242. The van der Waals surface area contributed by atoms with Crippen LogP contribution in [0, 0.1) is 6.92 Å². The first kappa shape index (κ1) is 21.8. The molecule has 1 N–H and O–H groups in total. The lowest BCUT2D eigenvalue weighted by Crippen LogP contribution is -2.51. The number of carbonyl (C=O) groups excluding carboxylic acids is 2. The molecular formula is C27H27NO4. The molecule has 1 amide bonds. The van der Waals surface area contributed by atoms with Crippen molar-refractivity contribution in [1.29, 1.82) is 0 Å². The number of rotatable bonds is 4. The fraction of sp³-hybridized carbons (Fsp3) is 0.259. The zero-order chi connectivity index (χ0) is 22.9. The number of ether oxygens (including phenoxy) is 1. The number of fused-ring (bicyclic) bond motifs is 3. The summed E-state index contributed by atoms with van der Waals surface area (Å²) in [6.45, 7) is 3.90. The van der Waals surface area contributed by atoms with Gasteiger partial charge in [0.15, 0.2) is 0 Å². The summed E-state index contributed by atoms with van der Waals surface area (Å²) in [6, 6.07) is 21.7. The molecule has 0 saturated carbocycles. The van der Waals surface area contributed by atoms with Gasteiger partial charge in [-0.3, -0.25) is 4.79 Å². The first-order valence-electron chi connectivity index (χ1n) is 10.8. The third-order valence-electron chi connectivity index (χ3n) is 6.29. The summed E-state index contributed by atoms with van der Waals surface area (Å²) in [7, 11) is 1.26. The molecule has 4 rings (SSSR count). The molecule has 1 heterocycles. The number of amides is 1. The third-order valence-corrected chi connectivity index (χ3v) is 6.29. The van der Waals surface area contributed by atoms with Gasteiger partial charge in [0.1, 0.15) is 6.04 Å². The Kier molecular flexibility index (Phi) is 5.85. The zero-order valence-corrected chi connectivity index (χ0v) is 18.5. The van der Waals surface area contributed by atoms with E-state index in [1.807, 2.05) is 67.6 Å². The molecule has 1 aliphatic rings. The van der Waals surface area contributed by atoms with E-state index in [4.69, 9.17) is 4.74 Å². The Bertz CT molecular complexity index is 1170. The van der Waals surface area contributed by atoms with Gasteiger partial charge >= 0.3 is 5.97 Å². The molecule has 5 heteroatoms. The van der Waals surface area contributed by atoms with Gasteiger partial charge in [-0.15, -0.1) is 0 Å². The molecular weight excluding hydrogens is 402 g/mol. The third kappa shape index (κ3) is 3.39. The van der Waals surface area contributed by atoms with E-state index in [-0.39, 0.29) is 18.9 Å². The molecule has 3 aromatic rings. The van der Waals surface area contributed by atoms with Crippen LogP contribution in [0.1, 0.15) is 41.6 Å². The van der Waals surface area contributed by atoms with Gasteiger partial charge in [0.25, 0.3) is 0 Å². The number of hydrogen-bond acceptors (Lipinski definition) is 4. The number of esters is 1. The number of hydrogen-bond donors (Lipinski definition) is 1. The standard InChI is InChI=1S/C27H27NO4/c1-4-24(29)28-17-19-12-6-7-13-20(19)21-14-8-9-15-22(21)25(28)27(31,26(30)32-3)23-16-10-5-11-18(23)2/h5-16,25,31H,4,17H2,1-3H3/t25?,27-/m1/s1. The van der Waals surface area contributed by atoms with Crippen molar-refractivity contribution in [1.82, 2.24) is 4.90 Å². The van der Waals surface area contributed by atoms with Gasteiger partial charge in [0.2, 0.25) is 11.5 Å². The van der Waals surface area contributed by atoms with Crippen LogP contribution < -0.4 is 0 Å². The molecule has 0 fully saturated rings. The van der Waals surface area contributed by atoms with Crippen LogP contribution in [0.15, 0.2) is 72.8 Å². The second-order valence-corrected chi connectivity index (χ2v) is 8.10. The van der Waals surface area contributed by atoms with E-state index in [0.29, 0.717) is 11.1 Å². The highest BCUT2D eigenvalue weighted by atomic mass is 16.5. The van der Waals surface area contributed by atoms with Crippen molar-refractivity contribution in [3.8, 4) is 11.1 Å². The SMILES string of the molecule is CCC(=O)N1Cc2ccccc2-c2ccccc2C1[C@@](O)(C(=O)OC)c1ccccc1C. The maximum Gasteiger partial charge on any atom is 0.345 e. The fourth-order valence-electron chi connectivity index (χ4n) is 4.76. The summed E-state index contributed by atoms with van der Waals surface area (Å²) in [4.78, 5) is 28.2. The Morgan fingerprint density at radius 1 is 1.00 bits per heavy atom. The van der Waals surface area contributed by atoms with E-state index in [2.05, 4.69) is 0 Å². The molecule has 0 bridgehead atoms. The van der Waals surface area contributed by atoms with Gasteiger partial charge in [-0.05, 0) is 34.7 Å².